The summed E-state index contributed by atoms with van der Waals surface area (Å²) in [5, 5.41) is 7.61. The Labute approximate surface area is 167 Å². The normalized spacial score (nSPS) is 10.7. The van der Waals surface area contributed by atoms with Crippen LogP contribution in [0.5, 0.6) is 0 Å². The Morgan fingerprint density at radius 2 is 1.48 bits per heavy atom. The van der Waals surface area contributed by atoms with Gasteiger partial charge >= 0.3 is 18.1 Å². The molecule has 0 spiro atoms. The Hall–Kier alpha value is -3.62. The van der Waals surface area contributed by atoms with Crippen molar-refractivity contribution in [2.75, 3.05) is 23.1 Å². The molecule has 0 saturated heterocycles. The summed E-state index contributed by atoms with van der Waals surface area (Å²) in [5.41, 5.74) is 0.279. The molecule has 0 fully saturated rings. The highest BCUT2D eigenvalue weighted by Crippen LogP contribution is 2.19. The maximum Gasteiger partial charge on any atom is 0.412 e. The molecule has 0 aliphatic rings. The minimum atomic E-state index is -0.780. The minimum absolute atomic E-state index is 0.0963. The second-order valence-corrected chi connectivity index (χ2v) is 6.96. The van der Waals surface area contributed by atoms with Gasteiger partial charge in [0.1, 0.15) is 11.4 Å². The maximum atomic E-state index is 13.4. The number of esters is 1. The molecule has 0 atom stereocenters. The van der Waals surface area contributed by atoms with Gasteiger partial charge in [0.2, 0.25) is 0 Å². The van der Waals surface area contributed by atoms with Gasteiger partial charge in [-0.3, -0.25) is 5.32 Å². The summed E-state index contributed by atoms with van der Waals surface area (Å²) in [7, 11) is 1.16. The van der Waals surface area contributed by atoms with E-state index in [2.05, 4.69) is 20.7 Å². The van der Waals surface area contributed by atoms with E-state index < -0.39 is 29.5 Å². The molecule has 8 nitrogen and oxygen atoms in total. The van der Waals surface area contributed by atoms with Crippen LogP contribution in [0.1, 0.15) is 31.1 Å². The number of carbonyl (C=O) groups is 3. The second-order valence-electron chi connectivity index (χ2n) is 6.96. The third-order valence-electron chi connectivity index (χ3n) is 3.42. The first-order chi connectivity index (χ1) is 13.6. The molecule has 154 valence electrons. The molecular formula is C20H22FN3O5. The van der Waals surface area contributed by atoms with Crippen molar-refractivity contribution >= 4 is 35.2 Å². The van der Waals surface area contributed by atoms with Gasteiger partial charge in [-0.1, -0.05) is 0 Å². The van der Waals surface area contributed by atoms with Crippen LogP contribution in [0.3, 0.4) is 0 Å². The number of halogens is 1. The van der Waals surface area contributed by atoms with E-state index in [0.29, 0.717) is 11.4 Å². The Morgan fingerprint density at radius 1 is 0.897 bits per heavy atom. The number of ether oxygens (including phenoxy) is 2. The molecule has 0 unspecified atom stereocenters. The number of carbonyl (C=O) groups excluding carboxylic acids is 3. The van der Waals surface area contributed by atoms with Crippen LogP contribution in [0, 0.1) is 5.82 Å². The van der Waals surface area contributed by atoms with E-state index in [1.54, 1.807) is 45.0 Å². The lowest BCUT2D eigenvalue weighted by Crippen LogP contribution is -2.27. The molecule has 2 aromatic carbocycles. The molecule has 0 bridgehead atoms. The molecule has 2 aromatic rings. The SMILES string of the molecule is COC(=O)c1cc(F)ccc1NC(=O)Nc1ccc(NC(=O)OC(C)(C)C)cc1. The van der Waals surface area contributed by atoms with Crippen LogP contribution >= 0.6 is 0 Å². The van der Waals surface area contributed by atoms with Crippen molar-refractivity contribution in [1.82, 2.24) is 0 Å². The van der Waals surface area contributed by atoms with E-state index in [0.717, 1.165) is 19.2 Å². The summed E-state index contributed by atoms with van der Waals surface area (Å²) in [4.78, 5) is 35.7. The third-order valence-corrected chi connectivity index (χ3v) is 3.42. The highest BCUT2D eigenvalue weighted by atomic mass is 19.1. The van der Waals surface area contributed by atoms with Gasteiger partial charge in [0.05, 0.1) is 18.4 Å². The number of rotatable bonds is 4. The fourth-order valence-corrected chi connectivity index (χ4v) is 2.25. The molecule has 0 aromatic heterocycles. The molecule has 3 amide bonds. The molecule has 3 N–H and O–H groups in total. The summed E-state index contributed by atoms with van der Waals surface area (Å²) in [6.07, 6.45) is -0.595. The van der Waals surface area contributed by atoms with Crippen LogP contribution in [0.4, 0.5) is 31.0 Å². The number of benzene rings is 2. The van der Waals surface area contributed by atoms with E-state index in [4.69, 9.17) is 4.74 Å². The molecule has 0 aliphatic heterocycles. The number of amides is 3. The molecule has 29 heavy (non-hydrogen) atoms. The van der Waals surface area contributed by atoms with E-state index in [1.807, 2.05) is 0 Å². The van der Waals surface area contributed by atoms with Gasteiger partial charge in [-0.15, -0.1) is 0 Å². The Bertz CT molecular complexity index is 907. The lowest BCUT2D eigenvalue weighted by Gasteiger charge is -2.19. The van der Waals surface area contributed by atoms with Gasteiger partial charge in [0.25, 0.3) is 0 Å². The average Bonchev–Trinajstić information content (AvgIpc) is 2.62. The molecule has 0 radical (unpaired) electrons. The van der Waals surface area contributed by atoms with Crippen LogP contribution in [0.25, 0.3) is 0 Å². The maximum absolute atomic E-state index is 13.4. The van der Waals surface area contributed by atoms with E-state index in [-0.39, 0.29) is 11.3 Å². The first kappa shape index (κ1) is 21.7. The number of urea groups is 1. The van der Waals surface area contributed by atoms with Gasteiger partial charge in [-0.25, -0.2) is 18.8 Å². The van der Waals surface area contributed by atoms with Crippen molar-refractivity contribution in [3.63, 3.8) is 0 Å². The van der Waals surface area contributed by atoms with Crippen LogP contribution in [0.15, 0.2) is 42.5 Å². The Kier molecular flexibility index (Phi) is 6.76. The fourth-order valence-electron chi connectivity index (χ4n) is 2.25. The summed E-state index contributed by atoms with van der Waals surface area (Å²) < 4.78 is 23.1. The minimum Gasteiger partial charge on any atom is -0.465 e. The third kappa shape index (κ3) is 6.80. The van der Waals surface area contributed by atoms with Crippen LogP contribution < -0.4 is 16.0 Å². The number of nitrogens with one attached hydrogen (secondary N) is 3. The van der Waals surface area contributed by atoms with Crippen LogP contribution in [-0.2, 0) is 9.47 Å². The Morgan fingerprint density at radius 3 is 2.03 bits per heavy atom. The van der Waals surface area contributed by atoms with Crippen LogP contribution in [-0.4, -0.2) is 30.8 Å². The highest BCUT2D eigenvalue weighted by Gasteiger charge is 2.17. The molecule has 0 aliphatic carbocycles. The molecule has 2 rings (SSSR count). The summed E-state index contributed by atoms with van der Waals surface area (Å²) in [5.74, 6) is -1.41. The highest BCUT2D eigenvalue weighted by molar-refractivity contribution is 6.05. The smallest absolute Gasteiger partial charge is 0.412 e. The fraction of sp³-hybridized carbons (Fsp3) is 0.250. The first-order valence-corrected chi connectivity index (χ1v) is 8.63. The van der Waals surface area contributed by atoms with E-state index >= 15 is 0 Å². The van der Waals surface area contributed by atoms with Gasteiger partial charge < -0.3 is 20.1 Å². The lowest BCUT2D eigenvalue weighted by molar-refractivity contribution is 0.0598. The number of anilines is 3. The average molecular weight is 403 g/mol. The van der Waals surface area contributed by atoms with Gasteiger partial charge in [-0.2, -0.15) is 0 Å². The van der Waals surface area contributed by atoms with Crippen molar-refractivity contribution < 1.29 is 28.2 Å². The van der Waals surface area contributed by atoms with Crippen molar-refractivity contribution in [3.8, 4) is 0 Å². The number of hydrogen-bond acceptors (Lipinski definition) is 5. The Balaban J connectivity index is 2.00. The lowest BCUT2D eigenvalue weighted by atomic mass is 10.1. The summed E-state index contributed by atoms with van der Waals surface area (Å²) in [6.45, 7) is 5.26. The van der Waals surface area contributed by atoms with Crippen molar-refractivity contribution in [2.24, 2.45) is 0 Å². The first-order valence-electron chi connectivity index (χ1n) is 8.63. The predicted molar refractivity (Wildman–Crippen MR) is 107 cm³/mol. The monoisotopic (exact) mass is 403 g/mol. The molecule has 0 heterocycles. The zero-order chi connectivity index (χ0) is 21.6. The predicted octanol–water partition coefficient (Wildman–Crippen LogP) is 4.60. The molecule has 9 heteroatoms. The van der Waals surface area contributed by atoms with E-state index in [9.17, 15) is 18.8 Å². The standard InChI is InChI=1S/C20H22FN3O5/c1-20(2,3)29-19(27)23-14-8-6-13(7-9-14)22-18(26)24-16-10-5-12(21)11-15(16)17(25)28-4/h5-11H,1-4H3,(H,23,27)(H2,22,24,26). The largest absolute Gasteiger partial charge is 0.465 e. The van der Waals surface area contributed by atoms with Gasteiger partial charge in [0, 0.05) is 11.4 Å². The number of methoxy groups -OCH3 is 1. The van der Waals surface area contributed by atoms with Crippen molar-refractivity contribution in [1.29, 1.82) is 0 Å². The van der Waals surface area contributed by atoms with Gasteiger partial charge in [-0.05, 0) is 63.2 Å². The topological polar surface area (TPSA) is 106 Å². The zero-order valence-electron chi connectivity index (χ0n) is 16.5. The van der Waals surface area contributed by atoms with Gasteiger partial charge in [0.15, 0.2) is 0 Å². The molecular weight excluding hydrogens is 381 g/mol. The quantitative estimate of drug-likeness (QED) is 0.647. The van der Waals surface area contributed by atoms with Crippen molar-refractivity contribution in [3.05, 3.63) is 53.8 Å². The van der Waals surface area contributed by atoms with E-state index in [1.165, 1.54) is 6.07 Å². The van der Waals surface area contributed by atoms with Crippen LogP contribution in [0.2, 0.25) is 0 Å². The summed E-state index contributed by atoms with van der Waals surface area (Å²) in [6, 6.07) is 8.99. The summed E-state index contributed by atoms with van der Waals surface area (Å²) >= 11 is 0. The number of hydrogen-bond donors (Lipinski definition) is 3. The second kappa shape index (κ2) is 9.05. The van der Waals surface area contributed by atoms with Crippen molar-refractivity contribution in [2.45, 2.75) is 26.4 Å². The molecule has 0 saturated carbocycles. The zero-order valence-corrected chi connectivity index (χ0v) is 16.5.